The van der Waals surface area contributed by atoms with Crippen LogP contribution in [0.5, 0.6) is 0 Å². The second-order valence-electron chi connectivity index (χ2n) is 5.17. The number of nitro groups is 1. The highest BCUT2D eigenvalue weighted by Crippen LogP contribution is 2.33. The van der Waals surface area contributed by atoms with Crippen molar-refractivity contribution in [1.82, 2.24) is 0 Å². The van der Waals surface area contributed by atoms with Gasteiger partial charge in [-0.15, -0.1) is 0 Å². The van der Waals surface area contributed by atoms with Crippen LogP contribution in [0.1, 0.15) is 0 Å². The third-order valence-electron chi connectivity index (χ3n) is 3.64. The summed E-state index contributed by atoms with van der Waals surface area (Å²) in [5.41, 5.74) is 7.13. The smallest absolute Gasteiger partial charge is 0.292 e. The van der Waals surface area contributed by atoms with Crippen molar-refractivity contribution in [3.63, 3.8) is 0 Å². The zero-order valence-corrected chi connectivity index (χ0v) is 14.1. The van der Waals surface area contributed by atoms with Crippen molar-refractivity contribution in [2.24, 2.45) is 0 Å². The molecule has 0 aromatic heterocycles. The van der Waals surface area contributed by atoms with Gasteiger partial charge < -0.3 is 10.6 Å². The Balaban J connectivity index is 1.70. The Bertz CT molecular complexity index is 701. The van der Waals surface area contributed by atoms with E-state index >= 15 is 0 Å². The average Bonchev–Trinajstić information content (AvgIpc) is 2.56. The molecule has 5 nitrogen and oxygen atoms in total. The van der Waals surface area contributed by atoms with Gasteiger partial charge in [0.25, 0.3) is 5.69 Å². The highest BCUT2D eigenvalue weighted by molar-refractivity contribution is 7.99. The molecule has 1 aliphatic rings. The lowest BCUT2D eigenvalue weighted by atomic mass is 10.3. The summed E-state index contributed by atoms with van der Waals surface area (Å²) in [6.07, 6.45) is 0. The van der Waals surface area contributed by atoms with E-state index in [1.165, 1.54) is 23.3 Å². The molecule has 0 aliphatic carbocycles. The number of nitrogen functional groups attached to an aromatic ring is 1. The molecular weight excluding hydrogens is 330 g/mol. The normalized spacial score (nSPS) is 14.7. The predicted octanol–water partition coefficient (Wildman–Crippen LogP) is 3.88. The van der Waals surface area contributed by atoms with E-state index in [0.29, 0.717) is 0 Å². The van der Waals surface area contributed by atoms with Gasteiger partial charge in [-0.3, -0.25) is 10.1 Å². The van der Waals surface area contributed by atoms with E-state index in [9.17, 15) is 10.1 Å². The maximum atomic E-state index is 10.8. The molecule has 1 saturated heterocycles. The van der Waals surface area contributed by atoms with E-state index in [1.807, 2.05) is 11.8 Å². The van der Waals surface area contributed by atoms with Crippen molar-refractivity contribution in [3.05, 3.63) is 52.6 Å². The first-order valence-corrected chi connectivity index (χ1v) is 9.25. The predicted molar refractivity (Wildman–Crippen MR) is 97.6 cm³/mol. The number of nitrogens with two attached hydrogens (primary N) is 1. The largest absolute Gasteiger partial charge is 0.393 e. The van der Waals surface area contributed by atoms with Crippen LogP contribution >= 0.6 is 23.5 Å². The van der Waals surface area contributed by atoms with Gasteiger partial charge in [-0.1, -0.05) is 11.8 Å². The fourth-order valence-corrected chi connectivity index (χ4v) is 4.21. The third kappa shape index (κ3) is 3.92. The Morgan fingerprint density at radius 1 is 1.09 bits per heavy atom. The Morgan fingerprint density at radius 2 is 1.74 bits per heavy atom. The fraction of sp³-hybridized carbons (Fsp3) is 0.250. The Labute approximate surface area is 143 Å². The second-order valence-corrected chi connectivity index (χ2v) is 7.54. The van der Waals surface area contributed by atoms with Gasteiger partial charge in [-0.2, -0.15) is 11.8 Å². The number of hydrogen-bond acceptors (Lipinski definition) is 6. The number of hydrogen-bond donors (Lipinski definition) is 1. The highest BCUT2D eigenvalue weighted by Gasteiger charge is 2.13. The number of benzene rings is 2. The quantitative estimate of drug-likeness (QED) is 0.514. The lowest BCUT2D eigenvalue weighted by Crippen LogP contribution is -2.32. The van der Waals surface area contributed by atoms with Crippen molar-refractivity contribution < 1.29 is 4.92 Å². The molecule has 0 spiro atoms. The van der Waals surface area contributed by atoms with E-state index < -0.39 is 4.92 Å². The molecule has 0 atom stereocenters. The maximum absolute atomic E-state index is 10.8. The second kappa shape index (κ2) is 7.14. The standard InChI is InChI=1S/C16H17N3O2S2/c17-15-11-14(5-6-16(15)19(20)21)23-13-3-1-12(2-4-13)18-7-9-22-10-8-18/h1-6,11H,7-10,17H2. The summed E-state index contributed by atoms with van der Waals surface area (Å²) < 4.78 is 0. The van der Waals surface area contributed by atoms with E-state index in [-0.39, 0.29) is 11.4 Å². The van der Waals surface area contributed by atoms with Gasteiger partial charge >= 0.3 is 0 Å². The Hall–Kier alpha value is -1.86. The summed E-state index contributed by atoms with van der Waals surface area (Å²) >= 11 is 3.55. The first-order valence-electron chi connectivity index (χ1n) is 7.28. The molecule has 1 heterocycles. The molecule has 2 aromatic carbocycles. The van der Waals surface area contributed by atoms with Gasteiger partial charge in [-0.05, 0) is 36.4 Å². The van der Waals surface area contributed by atoms with Crippen LogP contribution in [-0.2, 0) is 0 Å². The summed E-state index contributed by atoms with van der Waals surface area (Å²) in [6, 6.07) is 13.3. The first kappa shape index (κ1) is 16.0. The maximum Gasteiger partial charge on any atom is 0.292 e. The third-order valence-corrected chi connectivity index (χ3v) is 5.58. The van der Waals surface area contributed by atoms with Crippen LogP contribution in [-0.4, -0.2) is 29.5 Å². The van der Waals surface area contributed by atoms with Gasteiger partial charge in [0.2, 0.25) is 0 Å². The summed E-state index contributed by atoms with van der Waals surface area (Å²) in [4.78, 5) is 14.7. The fourth-order valence-electron chi connectivity index (χ4n) is 2.44. The molecule has 0 saturated carbocycles. The van der Waals surface area contributed by atoms with Crippen molar-refractivity contribution in [1.29, 1.82) is 0 Å². The molecular formula is C16H17N3O2S2. The number of thioether (sulfide) groups is 1. The van der Waals surface area contributed by atoms with Gasteiger partial charge in [0.05, 0.1) is 4.92 Å². The highest BCUT2D eigenvalue weighted by atomic mass is 32.2. The van der Waals surface area contributed by atoms with Gasteiger partial charge in [-0.25, -0.2) is 0 Å². The summed E-state index contributed by atoms with van der Waals surface area (Å²) in [5, 5.41) is 10.8. The minimum atomic E-state index is -0.463. The van der Waals surface area contributed by atoms with Crippen LogP contribution in [0.15, 0.2) is 52.3 Å². The molecule has 2 N–H and O–H groups in total. The SMILES string of the molecule is Nc1cc(Sc2ccc(N3CCSCC3)cc2)ccc1[N+](=O)[O-]. The molecule has 3 rings (SSSR count). The van der Waals surface area contributed by atoms with Crippen molar-refractivity contribution >= 4 is 40.6 Å². The average molecular weight is 347 g/mol. The molecule has 1 aliphatic heterocycles. The van der Waals surface area contributed by atoms with Gasteiger partial charge in [0.15, 0.2) is 0 Å². The molecule has 0 bridgehead atoms. The van der Waals surface area contributed by atoms with Crippen LogP contribution in [0.25, 0.3) is 0 Å². The minimum absolute atomic E-state index is 0.0485. The molecule has 120 valence electrons. The topological polar surface area (TPSA) is 72.4 Å². The molecule has 1 fully saturated rings. The monoisotopic (exact) mass is 347 g/mol. The van der Waals surface area contributed by atoms with Crippen LogP contribution in [0.3, 0.4) is 0 Å². The number of rotatable bonds is 4. The molecule has 23 heavy (non-hydrogen) atoms. The molecule has 2 aromatic rings. The van der Waals surface area contributed by atoms with E-state index in [0.717, 1.165) is 22.9 Å². The zero-order valence-electron chi connectivity index (χ0n) is 12.5. The molecule has 7 heteroatoms. The Morgan fingerprint density at radius 3 is 2.35 bits per heavy atom. The Kier molecular flexibility index (Phi) is 4.97. The molecule has 0 amide bonds. The summed E-state index contributed by atoms with van der Waals surface area (Å²) in [6.45, 7) is 2.19. The molecule has 0 unspecified atom stereocenters. The van der Waals surface area contributed by atoms with E-state index in [1.54, 1.807) is 23.9 Å². The molecule has 0 radical (unpaired) electrons. The van der Waals surface area contributed by atoms with Crippen molar-refractivity contribution in [3.8, 4) is 0 Å². The summed E-state index contributed by atoms with van der Waals surface area (Å²) in [7, 11) is 0. The first-order chi connectivity index (χ1) is 11.1. The lowest BCUT2D eigenvalue weighted by Gasteiger charge is -2.28. The van der Waals surface area contributed by atoms with E-state index in [4.69, 9.17) is 5.73 Å². The number of anilines is 2. The summed E-state index contributed by atoms with van der Waals surface area (Å²) in [5.74, 6) is 2.36. The lowest BCUT2D eigenvalue weighted by molar-refractivity contribution is -0.383. The minimum Gasteiger partial charge on any atom is -0.393 e. The van der Waals surface area contributed by atoms with E-state index in [2.05, 4.69) is 29.2 Å². The number of nitrogens with zero attached hydrogens (tertiary/aromatic N) is 2. The van der Waals surface area contributed by atoms with Crippen LogP contribution in [0.2, 0.25) is 0 Å². The van der Waals surface area contributed by atoms with Gasteiger partial charge in [0, 0.05) is 46.1 Å². The zero-order chi connectivity index (χ0) is 16.2. The van der Waals surface area contributed by atoms with Crippen molar-refractivity contribution in [2.45, 2.75) is 9.79 Å². The van der Waals surface area contributed by atoms with Crippen molar-refractivity contribution in [2.75, 3.05) is 35.2 Å². The number of nitro benzene ring substituents is 1. The van der Waals surface area contributed by atoms with Crippen LogP contribution in [0.4, 0.5) is 17.1 Å². The van der Waals surface area contributed by atoms with Gasteiger partial charge in [0.1, 0.15) is 5.69 Å². The van der Waals surface area contributed by atoms with Crippen LogP contribution in [0, 0.1) is 10.1 Å². The van der Waals surface area contributed by atoms with Crippen LogP contribution < -0.4 is 10.6 Å².